The molecule has 0 aromatic heterocycles. The summed E-state index contributed by atoms with van der Waals surface area (Å²) in [4.78, 5) is 14.0. The van der Waals surface area contributed by atoms with Crippen molar-refractivity contribution in [3.05, 3.63) is 35.6 Å². The number of rotatable bonds is 6. The summed E-state index contributed by atoms with van der Waals surface area (Å²) in [5, 5.41) is 13.4. The molecule has 1 aliphatic heterocycles. The Labute approximate surface area is 137 Å². The fraction of sp³-hybridized carbons (Fsp3) is 0.611. The predicted molar refractivity (Wildman–Crippen MR) is 88.4 cm³/mol. The molecule has 0 aliphatic carbocycles. The van der Waals surface area contributed by atoms with Gasteiger partial charge in [-0.05, 0) is 55.5 Å². The molecule has 1 aromatic carbocycles. The molecule has 23 heavy (non-hydrogen) atoms. The second kappa shape index (κ2) is 8.41. The summed E-state index contributed by atoms with van der Waals surface area (Å²) in [6.45, 7) is 6.88. The predicted octanol–water partition coefficient (Wildman–Crippen LogP) is 2.34. The summed E-state index contributed by atoms with van der Waals surface area (Å²) in [7, 11) is 0. The third-order valence-electron chi connectivity index (χ3n) is 4.36. The van der Waals surface area contributed by atoms with Crippen LogP contribution in [0.3, 0.4) is 0 Å². The number of amides is 1. The number of benzene rings is 1. The van der Waals surface area contributed by atoms with Gasteiger partial charge in [0, 0.05) is 6.54 Å². The maximum Gasteiger partial charge on any atom is 0.234 e. The average molecular weight is 322 g/mol. The van der Waals surface area contributed by atoms with E-state index in [4.69, 9.17) is 0 Å². The third-order valence-corrected chi connectivity index (χ3v) is 4.36. The molecule has 0 bridgehead atoms. The van der Waals surface area contributed by atoms with Gasteiger partial charge in [-0.2, -0.15) is 0 Å². The molecular weight excluding hydrogens is 295 g/mol. The lowest BCUT2D eigenvalue weighted by Crippen LogP contribution is -2.43. The number of likely N-dealkylation sites (tertiary alicyclic amines) is 1. The van der Waals surface area contributed by atoms with Crippen molar-refractivity contribution in [1.82, 2.24) is 10.2 Å². The summed E-state index contributed by atoms with van der Waals surface area (Å²) in [6, 6.07) is 6.05. The van der Waals surface area contributed by atoms with Gasteiger partial charge in [-0.25, -0.2) is 4.39 Å². The average Bonchev–Trinajstić information content (AvgIpc) is 2.54. The van der Waals surface area contributed by atoms with E-state index in [1.807, 2.05) is 0 Å². The first-order valence-corrected chi connectivity index (χ1v) is 8.38. The number of hydrogen-bond donors (Lipinski definition) is 2. The lowest BCUT2D eigenvalue weighted by atomic mass is 9.87. The van der Waals surface area contributed by atoms with E-state index in [0.717, 1.165) is 31.5 Å². The molecular formula is C18H27FN2O2. The molecule has 0 saturated carbocycles. The van der Waals surface area contributed by atoms with Gasteiger partial charge in [0.25, 0.3) is 0 Å². The van der Waals surface area contributed by atoms with Gasteiger partial charge in [0.1, 0.15) is 5.82 Å². The smallest absolute Gasteiger partial charge is 0.234 e. The molecule has 5 heteroatoms. The van der Waals surface area contributed by atoms with E-state index in [-0.39, 0.29) is 17.6 Å². The number of carbonyl (C=O) groups is 1. The minimum atomic E-state index is -0.562. The summed E-state index contributed by atoms with van der Waals surface area (Å²) >= 11 is 0. The number of nitrogens with one attached hydrogen (secondary N) is 1. The van der Waals surface area contributed by atoms with Crippen LogP contribution in [0.1, 0.15) is 38.4 Å². The third kappa shape index (κ3) is 5.59. The zero-order valence-electron chi connectivity index (χ0n) is 14.0. The first kappa shape index (κ1) is 17.9. The molecule has 1 atom stereocenters. The largest absolute Gasteiger partial charge is 0.388 e. The monoisotopic (exact) mass is 322 g/mol. The van der Waals surface area contributed by atoms with Crippen LogP contribution in [0.2, 0.25) is 0 Å². The fourth-order valence-electron chi connectivity index (χ4n) is 2.94. The lowest BCUT2D eigenvalue weighted by Gasteiger charge is -2.34. The first-order chi connectivity index (χ1) is 11.0. The van der Waals surface area contributed by atoms with Crippen LogP contribution in [-0.2, 0) is 4.79 Å². The molecule has 1 saturated heterocycles. The Hall–Kier alpha value is -1.46. The number of nitrogens with zero attached hydrogens (tertiary/aromatic N) is 1. The zero-order chi connectivity index (χ0) is 16.8. The number of piperidine rings is 1. The van der Waals surface area contributed by atoms with Crippen LogP contribution in [-0.4, -0.2) is 42.1 Å². The molecule has 128 valence electrons. The van der Waals surface area contributed by atoms with Gasteiger partial charge in [0.2, 0.25) is 5.91 Å². The molecule has 2 rings (SSSR count). The molecule has 2 N–H and O–H groups in total. The Morgan fingerprint density at radius 3 is 2.48 bits per heavy atom. The summed E-state index contributed by atoms with van der Waals surface area (Å²) in [6.07, 6.45) is 1.12. The SMILES string of the molecule is CC(C)CNC(=O)CN1CCC(C(O)c2ccc(F)cc2)CC1. The topological polar surface area (TPSA) is 52.6 Å². The van der Waals surface area contributed by atoms with Gasteiger partial charge < -0.3 is 10.4 Å². The molecule has 0 spiro atoms. The van der Waals surface area contributed by atoms with Gasteiger partial charge >= 0.3 is 0 Å². The normalized spacial score (nSPS) is 18.1. The number of halogens is 1. The van der Waals surface area contributed by atoms with Crippen LogP contribution in [0.5, 0.6) is 0 Å². The standard InChI is InChI=1S/C18H27FN2O2/c1-13(2)11-20-17(22)12-21-9-7-15(8-10-21)18(23)14-3-5-16(19)6-4-14/h3-6,13,15,18,23H,7-12H2,1-2H3,(H,20,22). The van der Waals surface area contributed by atoms with Crippen molar-refractivity contribution in [2.75, 3.05) is 26.2 Å². The minimum Gasteiger partial charge on any atom is -0.388 e. The fourth-order valence-corrected chi connectivity index (χ4v) is 2.94. The molecule has 1 unspecified atom stereocenters. The van der Waals surface area contributed by atoms with Crippen molar-refractivity contribution in [3.8, 4) is 0 Å². The summed E-state index contributed by atoms with van der Waals surface area (Å²) in [5.41, 5.74) is 0.763. The molecule has 1 heterocycles. The molecule has 0 radical (unpaired) electrons. The molecule has 1 aliphatic rings. The van der Waals surface area contributed by atoms with Crippen LogP contribution in [0.4, 0.5) is 4.39 Å². The van der Waals surface area contributed by atoms with E-state index in [0.29, 0.717) is 19.0 Å². The van der Waals surface area contributed by atoms with Gasteiger partial charge in [-0.15, -0.1) is 0 Å². The highest BCUT2D eigenvalue weighted by Gasteiger charge is 2.27. The van der Waals surface area contributed by atoms with E-state index in [1.54, 1.807) is 12.1 Å². The highest BCUT2D eigenvalue weighted by molar-refractivity contribution is 5.78. The van der Waals surface area contributed by atoms with Crippen LogP contribution in [0.25, 0.3) is 0 Å². The van der Waals surface area contributed by atoms with Crippen LogP contribution < -0.4 is 5.32 Å². The summed E-state index contributed by atoms with van der Waals surface area (Å²) in [5.74, 6) is 0.394. The number of hydrogen-bond acceptors (Lipinski definition) is 3. The van der Waals surface area contributed by atoms with Gasteiger partial charge in [-0.1, -0.05) is 26.0 Å². The quantitative estimate of drug-likeness (QED) is 0.845. The number of aliphatic hydroxyl groups is 1. The molecule has 1 aromatic rings. The van der Waals surface area contributed by atoms with Crippen molar-refractivity contribution in [3.63, 3.8) is 0 Å². The number of aliphatic hydroxyl groups excluding tert-OH is 1. The van der Waals surface area contributed by atoms with Crippen LogP contribution >= 0.6 is 0 Å². The lowest BCUT2D eigenvalue weighted by molar-refractivity contribution is -0.122. The Kier molecular flexibility index (Phi) is 6.54. The van der Waals surface area contributed by atoms with E-state index < -0.39 is 6.10 Å². The van der Waals surface area contributed by atoms with Gasteiger partial charge in [0.05, 0.1) is 12.6 Å². The first-order valence-electron chi connectivity index (χ1n) is 8.38. The highest BCUT2D eigenvalue weighted by atomic mass is 19.1. The highest BCUT2D eigenvalue weighted by Crippen LogP contribution is 2.30. The Morgan fingerprint density at radius 2 is 1.91 bits per heavy atom. The summed E-state index contributed by atoms with van der Waals surface area (Å²) < 4.78 is 13.0. The van der Waals surface area contributed by atoms with E-state index in [9.17, 15) is 14.3 Å². The van der Waals surface area contributed by atoms with E-state index >= 15 is 0 Å². The zero-order valence-corrected chi connectivity index (χ0v) is 14.0. The van der Waals surface area contributed by atoms with Gasteiger partial charge in [0.15, 0.2) is 0 Å². The van der Waals surface area contributed by atoms with Crippen molar-refractivity contribution < 1.29 is 14.3 Å². The van der Waals surface area contributed by atoms with Crippen molar-refractivity contribution in [1.29, 1.82) is 0 Å². The molecule has 4 nitrogen and oxygen atoms in total. The van der Waals surface area contributed by atoms with Crippen molar-refractivity contribution in [2.24, 2.45) is 11.8 Å². The Morgan fingerprint density at radius 1 is 1.30 bits per heavy atom. The van der Waals surface area contributed by atoms with Crippen molar-refractivity contribution >= 4 is 5.91 Å². The Balaban J connectivity index is 1.77. The molecule has 1 fully saturated rings. The maximum atomic E-state index is 13.0. The minimum absolute atomic E-state index is 0.0660. The van der Waals surface area contributed by atoms with Crippen LogP contribution in [0.15, 0.2) is 24.3 Å². The van der Waals surface area contributed by atoms with Crippen LogP contribution in [0, 0.1) is 17.7 Å². The van der Waals surface area contributed by atoms with E-state index in [2.05, 4.69) is 24.1 Å². The number of carbonyl (C=O) groups excluding carboxylic acids is 1. The maximum absolute atomic E-state index is 13.0. The van der Waals surface area contributed by atoms with E-state index in [1.165, 1.54) is 12.1 Å². The van der Waals surface area contributed by atoms with Crippen molar-refractivity contribution in [2.45, 2.75) is 32.8 Å². The van der Waals surface area contributed by atoms with Gasteiger partial charge in [-0.3, -0.25) is 9.69 Å². The Bertz CT molecular complexity index is 496. The second-order valence-corrected chi connectivity index (χ2v) is 6.81. The molecule has 1 amide bonds. The second-order valence-electron chi connectivity index (χ2n) is 6.81.